The van der Waals surface area contributed by atoms with E-state index >= 15 is 0 Å². The van der Waals surface area contributed by atoms with Gasteiger partial charge in [0, 0.05) is 5.92 Å². The fourth-order valence-corrected chi connectivity index (χ4v) is 4.25. The first-order valence-corrected chi connectivity index (χ1v) is 5.96. The number of rotatable bonds is 2. The van der Waals surface area contributed by atoms with Crippen LogP contribution in [0, 0.1) is 5.92 Å². The van der Waals surface area contributed by atoms with Gasteiger partial charge in [-0.3, -0.25) is 0 Å². The van der Waals surface area contributed by atoms with E-state index in [-0.39, 0.29) is 0 Å². The molecule has 0 radical (unpaired) electrons. The third-order valence-electron chi connectivity index (χ3n) is 2.28. The van der Waals surface area contributed by atoms with Crippen LogP contribution in [0.25, 0.3) is 0 Å². The molecular formula is C12H21P. The Balaban J connectivity index is 2.65. The molecule has 13 heavy (non-hydrogen) atoms. The molecule has 74 valence electrons. The van der Waals surface area contributed by atoms with E-state index in [1.165, 1.54) is 0 Å². The van der Waals surface area contributed by atoms with Crippen LogP contribution in [0.1, 0.15) is 34.6 Å². The van der Waals surface area contributed by atoms with E-state index in [0.717, 1.165) is 8.58 Å². The lowest BCUT2D eigenvalue weighted by atomic mass is 9.97. The predicted molar refractivity (Wildman–Crippen MR) is 63.9 cm³/mol. The highest BCUT2D eigenvalue weighted by Crippen LogP contribution is 2.48. The van der Waals surface area contributed by atoms with Gasteiger partial charge < -0.3 is 0 Å². The van der Waals surface area contributed by atoms with Crippen LogP contribution in [-0.2, 0) is 0 Å². The molecule has 1 rings (SSSR count). The maximum Gasteiger partial charge on any atom is 0.00411 e. The van der Waals surface area contributed by atoms with Crippen LogP contribution >= 0.6 is 8.58 Å². The summed E-state index contributed by atoms with van der Waals surface area (Å²) in [7, 11) is 1.000. The van der Waals surface area contributed by atoms with Crippen LogP contribution in [0.15, 0.2) is 24.3 Å². The Morgan fingerprint density at radius 2 is 1.38 bits per heavy atom. The van der Waals surface area contributed by atoms with Gasteiger partial charge in [0.25, 0.3) is 0 Å². The Morgan fingerprint density at radius 1 is 0.923 bits per heavy atom. The molecule has 1 unspecified atom stereocenters. The van der Waals surface area contributed by atoms with Crippen molar-refractivity contribution in [2.75, 3.05) is 0 Å². The molecule has 0 amide bonds. The van der Waals surface area contributed by atoms with E-state index in [9.17, 15) is 0 Å². The molecule has 1 aliphatic rings. The quantitative estimate of drug-likeness (QED) is 0.586. The van der Waals surface area contributed by atoms with Gasteiger partial charge in [0.05, 0.1) is 0 Å². The topological polar surface area (TPSA) is 0 Å². The van der Waals surface area contributed by atoms with Crippen molar-refractivity contribution in [2.24, 2.45) is 5.92 Å². The van der Waals surface area contributed by atoms with Crippen molar-refractivity contribution in [3.8, 4) is 0 Å². The van der Waals surface area contributed by atoms with Gasteiger partial charge in [-0.1, -0.05) is 58.9 Å². The maximum atomic E-state index is 2.38. The highest BCUT2D eigenvalue weighted by Gasteiger charge is 2.31. The number of hydrogen-bond donors (Lipinski definition) is 0. The van der Waals surface area contributed by atoms with Crippen molar-refractivity contribution >= 4 is 8.58 Å². The summed E-state index contributed by atoms with van der Waals surface area (Å²) in [6.45, 7) is 11.7. The zero-order valence-corrected chi connectivity index (χ0v) is 10.4. The van der Waals surface area contributed by atoms with Gasteiger partial charge in [-0.2, -0.15) is 0 Å². The predicted octanol–water partition coefficient (Wildman–Crippen LogP) is 3.98. The monoisotopic (exact) mass is 196 g/mol. The summed E-state index contributed by atoms with van der Waals surface area (Å²) in [6.07, 6.45) is 8.97. The molecule has 0 saturated carbocycles. The Morgan fingerprint density at radius 3 is 1.77 bits per heavy atom. The zero-order chi connectivity index (χ0) is 10.1. The lowest BCUT2D eigenvalue weighted by Crippen LogP contribution is -2.27. The molecule has 1 aliphatic carbocycles. The molecule has 0 aromatic rings. The first-order valence-electron chi connectivity index (χ1n) is 4.96. The Hall–Kier alpha value is -0.0900. The summed E-state index contributed by atoms with van der Waals surface area (Å²) in [6, 6.07) is 0. The van der Waals surface area contributed by atoms with E-state index in [1.54, 1.807) is 0 Å². The van der Waals surface area contributed by atoms with E-state index in [0.29, 0.717) is 16.2 Å². The fraction of sp³-hybridized carbons (Fsp3) is 0.667. The standard InChI is InChI=1S/C12H21P/c1-11(2,3)13-12(4,5)10-8-6-7-9-10/h6-10,13H,1-5H3. The molecule has 0 aromatic heterocycles. The van der Waals surface area contributed by atoms with Gasteiger partial charge in [-0.25, -0.2) is 0 Å². The van der Waals surface area contributed by atoms with Gasteiger partial charge >= 0.3 is 0 Å². The van der Waals surface area contributed by atoms with Crippen molar-refractivity contribution in [1.29, 1.82) is 0 Å². The summed E-state index contributed by atoms with van der Waals surface area (Å²) in [4.78, 5) is 0. The van der Waals surface area contributed by atoms with Gasteiger partial charge in [-0.05, 0) is 10.3 Å². The van der Waals surface area contributed by atoms with Crippen molar-refractivity contribution in [3.63, 3.8) is 0 Å². The zero-order valence-electron chi connectivity index (χ0n) is 9.39. The molecule has 0 spiro atoms. The first-order chi connectivity index (χ1) is 5.81. The lowest BCUT2D eigenvalue weighted by Gasteiger charge is -2.36. The summed E-state index contributed by atoms with van der Waals surface area (Å²) in [5.41, 5.74) is 0. The van der Waals surface area contributed by atoms with Gasteiger partial charge in [0.2, 0.25) is 0 Å². The fourth-order valence-electron chi connectivity index (χ4n) is 1.96. The van der Waals surface area contributed by atoms with Crippen LogP contribution in [-0.4, -0.2) is 10.3 Å². The molecule has 0 bridgehead atoms. The second-order valence-corrected chi connectivity index (χ2v) is 8.43. The van der Waals surface area contributed by atoms with Crippen molar-refractivity contribution in [2.45, 2.75) is 44.9 Å². The molecule has 0 aliphatic heterocycles. The largest absolute Gasteiger partial charge is 0.110 e. The SMILES string of the molecule is CC(C)(C)PC(C)(C)C1C=CC=C1. The minimum atomic E-state index is 0.418. The molecule has 1 atom stereocenters. The summed E-state index contributed by atoms with van der Waals surface area (Å²) in [5, 5.41) is 0.871. The van der Waals surface area contributed by atoms with E-state index in [2.05, 4.69) is 58.9 Å². The van der Waals surface area contributed by atoms with Gasteiger partial charge in [0.15, 0.2) is 0 Å². The third kappa shape index (κ3) is 3.27. The molecule has 0 aromatic carbocycles. The molecular weight excluding hydrogens is 175 g/mol. The van der Waals surface area contributed by atoms with E-state index in [4.69, 9.17) is 0 Å². The molecule has 0 fully saturated rings. The van der Waals surface area contributed by atoms with Crippen LogP contribution in [0.5, 0.6) is 0 Å². The summed E-state index contributed by atoms with van der Waals surface area (Å²) in [5.74, 6) is 0.644. The molecule has 0 nitrogen and oxygen atoms in total. The second-order valence-electron chi connectivity index (χ2n) is 5.39. The number of hydrogen-bond acceptors (Lipinski definition) is 0. The average Bonchev–Trinajstić information content (AvgIpc) is 2.29. The molecule has 0 N–H and O–H groups in total. The first kappa shape index (κ1) is 11.0. The minimum absolute atomic E-state index is 0.418. The summed E-state index contributed by atoms with van der Waals surface area (Å²) < 4.78 is 0. The van der Waals surface area contributed by atoms with Gasteiger partial charge in [-0.15, -0.1) is 8.58 Å². The Bertz CT molecular complexity index is 216. The Kier molecular flexibility index (Phi) is 3.02. The smallest absolute Gasteiger partial charge is 0.00411 e. The molecule has 0 saturated heterocycles. The molecule has 0 heterocycles. The second kappa shape index (κ2) is 3.58. The van der Waals surface area contributed by atoms with Crippen LogP contribution in [0.3, 0.4) is 0 Å². The Labute approximate surface area is 84.3 Å². The maximum absolute atomic E-state index is 2.38. The third-order valence-corrected chi connectivity index (χ3v) is 4.01. The van der Waals surface area contributed by atoms with Crippen LogP contribution in [0.2, 0.25) is 0 Å². The van der Waals surface area contributed by atoms with Crippen LogP contribution in [0.4, 0.5) is 0 Å². The van der Waals surface area contributed by atoms with Gasteiger partial charge in [0.1, 0.15) is 0 Å². The van der Waals surface area contributed by atoms with E-state index in [1.807, 2.05) is 0 Å². The van der Waals surface area contributed by atoms with Crippen molar-refractivity contribution < 1.29 is 0 Å². The minimum Gasteiger partial charge on any atom is -0.110 e. The van der Waals surface area contributed by atoms with Crippen LogP contribution < -0.4 is 0 Å². The average molecular weight is 196 g/mol. The molecule has 1 heteroatoms. The van der Waals surface area contributed by atoms with Crippen molar-refractivity contribution in [1.82, 2.24) is 0 Å². The highest BCUT2D eigenvalue weighted by molar-refractivity contribution is 7.41. The number of allylic oxidation sites excluding steroid dienone is 4. The van der Waals surface area contributed by atoms with E-state index < -0.39 is 0 Å². The highest BCUT2D eigenvalue weighted by atomic mass is 31.1. The lowest BCUT2D eigenvalue weighted by molar-refractivity contribution is 0.588. The normalized spacial score (nSPS) is 19.5. The van der Waals surface area contributed by atoms with Crippen molar-refractivity contribution in [3.05, 3.63) is 24.3 Å². The summed E-state index contributed by atoms with van der Waals surface area (Å²) >= 11 is 0.